The van der Waals surface area contributed by atoms with Gasteiger partial charge < -0.3 is 5.32 Å². The first-order valence-corrected chi connectivity index (χ1v) is 6.28. The summed E-state index contributed by atoms with van der Waals surface area (Å²) in [6, 6.07) is 0.602. The van der Waals surface area contributed by atoms with E-state index < -0.39 is 30.2 Å². The summed E-state index contributed by atoms with van der Waals surface area (Å²) < 4.78 is 53.2. The zero-order valence-corrected chi connectivity index (χ0v) is 11.7. The normalized spacial score (nSPS) is 17.6. The van der Waals surface area contributed by atoms with Crippen molar-refractivity contribution in [2.24, 2.45) is 0 Å². The van der Waals surface area contributed by atoms with Crippen molar-refractivity contribution >= 4 is 12.4 Å². The van der Waals surface area contributed by atoms with E-state index in [1.54, 1.807) is 0 Å². The van der Waals surface area contributed by atoms with Crippen LogP contribution in [0.25, 0.3) is 0 Å². The number of piperazine rings is 1. The van der Waals surface area contributed by atoms with E-state index in [-0.39, 0.29) is 24.4 Å². The van der Waals surface area contributed by atoms with Gasteiger partial charge in [0, 0.05) is 49.9 Å². The number of alkyl halides is 1. The van der Waals surface area contributed by atoms with Gasteiger partial charge in [0.15, 0.2) is 0 Å². The molecule has 0 radical (unpaired) electrons. The van der Waals surface area contributed by atoms with E-state index in [1.807, 2.05) is 4.90 Å². The molecule has 1 aliphatic heterocycles. The molecule has 2 nitrogen and oxygen atoms in total. The van der Waals surface area contributed by atoms with Gasteiger partial charge in [-0.15, -0.1) is 12.4 Å². The zero-order valence-electron chi connectivity index (χ0n) is 10.8. The summed E-state index contributed by atoms with van der Waals surface area (Å²) in [6.45, 7) is 1.87. The zero-order chi connectivity index (χ0) is 13.8. The molecule has 1 aliphatic rings. The molecule has 0 saturated carbocycles. The van der Waals surface area contributed by atoms with Gasteiger partial charge in [0.2, 0.25) is 0 Å². The third-order valence-corrected chi connectivity index (χ3v) is 3.35. The lowest BCUT2D eigenvalue weighted by Crippen LogP contribution is -2.45. The van der Waals surface area contributed by atoms with Crippen LogP contribution in [0.1, 0.15) is 18.0 Å². The minimum absolute atomic E-state index is 0. The molecule has 0 aliphatic carbocycles. The van der Waals surface area contributed by atoms with E-state index in [0.717, 1.165) is 0 Å². The highest BCUT2D eigenvalue weighted by Crippen LogP contribution is 2.30. The summed E-state index contributed by atoms with van der Waals surface area (Å²) in [7, 11) is 0. The largest absolute Gasteiger partial charge is 0.314 e. The number of nitrogens with zero attached hydrogens (tertiary/aromatic N) is 1. The minimum Gasteiger partial charge on any atom is -0.314 e. The van der Waals surface area contributed by atoms with Gasteiger partial charge in [0.25, 0.3) is 0 Å². The first-order valence-electron chi connectivity index (χ1n) is 6.28. The number of hydrogen-bond donors (Lipinski definition) is 1. The van der Waals surface area contributed by atoms with Crippen LogP contribution in [0.5, 0.6) is 0 Å². The van der Waals surface area contributed by atoms with Gasteiger partial charge in [-0.2, -0.15) is 0 Å². The number of nitrogens with one attached hydrogen (secondary N) is 1. The van der Waals surface area contributed by atoms with Gasteiger partial charge >= 0.3 is 0 Å². The fourth-order valence-electron chi connectivity index (χ4n) is 2.48. The highest BCUT2D eigenvalue weighted by atomic mass is 35.5. The summed E-state index contributed by atoms with van der Waals surface area (Å²) in [6.07, 6.45) is -0.000523. The molecule has 1 atom stereocenters. The monoisotopic (exact) mass is 312 g/mol. The molecule has 1 aromatic rings. The van der Waals surface area contributed by atoms with Crippen LogP contribution in [0.3, 0.4) is 0 Å². The Morgan fingerprint density at radius 3 is 2.15 bits per heavy atom. The predicted molar refractivity (Wildman–Crippen MR) is 71.3 cm³/mol. The summed E-state index contributed by atoms with van der Waals surface area (Å²) in [5, 5.41) is 3.12. The third kappa shape index (κ3) is 3.84. The molecule has 0 amide bonds. The molecule has 1 heterocycles. The van der Waals surface area contributed by atoms with Crippen molar-refractivity contribution in [3.8, 4) is 0 Å². The average Bonchev–Trinajstić information content (AvgIpc) is 2.37. The standard InChI is InChI=1S/C13H16F4N2.ClH/c14-2-1-12(19-5-3-18-4-6-19)13-10(16)7-9(15)8-11(13)17;/h7-8,12,18H,1-6H2;1H/t12-;/m1./s1. The van der Waals surface area contributed by atoms with E-state index in [0.29, 0.717) is 38.3 Å². The lowest BCUT2D eigenvalue weighted by atomic mass is 10.00. The van der Waals surface area contributed by atoms with Crippen LogP contribution in [-0.2, 0) is 0 Å². The molecule has 7 heteroatoms. The highest BCUT2D eigenvalue weighted by molar-refractivity contribution is 5.85. The van der Waals surface area contributed by atoms with Crippen molar-refractivity contribution in [3.05, 3.63) is 35.1 Å². The van der Waals surface area contributed by atoms with Gasteiger partial charge in [-0.3, -0.25) is 9.29 Å². The Balaban J connectivity index is 0.00000200. The van der Waals surface area contributed by atoms with Crippen molar-refractivity contribution in [2.45, 2.75) is 12.5 Å². The van der Waals surface area contributed by atoms with E-state index >= 15 is 0 Å². The van der Waals surface area contributed by atoms with E-state index in [9.17, 15) is 17.6 Å². The molecule has 20 heavy (non-hydrogen) atoms. The first-order chi connectivity index (χ1) is 9.13. The lowest BCUT2D eigenvalue weighted by molar-refractivity contribution is 0.151. The number of halogens is 5. The quantitative estimate of drug-likeness (QED) is 0.860. The second-order valence-electron chi connectivity index (χ2n) is 4.56. The van der Waals surface area contributed by atoms with Gasteiger partial charge in [-0.25, -0.2) is 13.2 Å². The Hall–Kier alpha value is -0.850. The van der Waals surface area contributed by atoms with Crippen LogP contribution < -0.4 is 5.32 Å². The van der Waals surface area contributed by atoms with E-state index in [4.69, 9.17) is 0 Å². The smallest absolute Gasteiger partial charge is 0.133 e. The summed E-state index contributed by atoms with van der Waals surface area (Å²) in [5.41, 5.74) is -0.235. The Morgan fingerprint density at radius 1 is 1.10 bits per heavy atom. The van der Waals surface area contributed by atoms with Crippen molar-refractivity contribution in [2.75, 3.05) is 32.9 Å². The van der Waals surface area contributed by atoms with Crippen LogP contribution in [0.4, 0.5) is 17.6 Å². The number of rotatable bonds is 4. The third-order valence-electron chi connectivity index (χ3n) is 3.35. The van der Waals surface area contributed by atoms with E-state index in [1.165, 1.54) is 0 Å². The number of hydrogen-bond acceptors (Lipinski definition) is 2. The maximum Gasteiger partial charge on any atom is 0.133 e. The van der Waals surface area contributed by atoms with Gasteiger partial charge in [-0.1, -0.05) is 0 Å². The summed E-state index contributed by atoms with van der Waals surface area (Å²) in [4.78, 5) is 1.83. The van der Waals surface area contributed by atoms with Crippen LogP contribution in [0.2, 0.25) is 0 Å². The van der Waals surface area contributed by atoms with Crippen LogP contribution in [0.15, 0.2) is 12.1 Å². The molecule has 0 unspecified atom stereocenters. The molecular formula is C13H17ClF4N2. The van der Waals surface area contributed by atoms with Crippen LogP contribution in [0, 0.1) is 17.5 Å². The molecule has 0 spiro atoms. The fraction of sp³-hybridized carbons (Fsp3) is 0.538. The number of benzene rings is 1. The molecule has 1 N–H and O–H groups in total. The summed E-state index contributed by atoms with van der Waals surface area (Å²) >= 11 is 0. The minimum atomic E-state index is -0.960. The maximum atomic E-state index is 13.8. The Kier molecular flexibility index (Phi) is 6.71. The first kappa shape index (κ1) is 17.2. The Labute approximate surface area is 121 Å². The Bertz CT molecular complexity index is 415. The maximum absolute atomic E-state index is 13.8. The van der Waals surface area contributed by atoms with Gasteiger partial charge in [0.05, 0.1) is 6.67 Å². The van der Waals surface area contributed by atoms with Crippen molar-refractivity contribution in [1.82, 2.24) is 10.2 Å². The van der Waals surface area contributed by atoms with Crippen LogP contribution >= 0.6 is 12.4 Å². The molecule has 1 saturated heterocycles. The average molecular weight is 313 g/mol. The fourth-order valence-corrected chi connectivity index (χ4v) is 2.48. The van der Waals surface area contributed by atoms with Gasteiger partial charge in [0.1, 0.15) is 17.5 Å². The molecule has 1 aromatic carbocycles. The Morgan fingerprint density at radius 2 is 1.65 bits per heavy atom. The topological polar surface area (TPSA) is 15.3 Å². The molecule has 1 fully saturated rings. The molecule has 114 valence electrons. The van der Waals surface area contributed by atoms with Gasteiger partial charge in [-0.05, 0) is 6.42 Å². The molecule has 0 bridgehead atoms. The van der Waals surface area contributed by atoms with Crippen molar-refractivity contribution < 1.29 is 17.6 Å². The molecular weight excluding hydrogens is 296 g/mol. The molecule has 2 rings (SSSR count). The highest BCUT2D eigenvalue weighted by Gasteiger charge is 2.27. The lowest BCUT2D eigenvalue weighted by Gasteiger charge is -2.35. The molecule has 0 aromatic heterocycles. The predicted octanol–water partition coefficient (Wildman–Crippen LogP) is 2.83. The van der Waals surface area contributed by atoms with Crippen molar-refractivity contribution in [3.63, 3.8) is 0 Å². The van der Waals surface area contributed by atoms with E-state index in [2.05, 4.69) is 5.32 Å². The summed E-state index contributed by atoms with van der Waals surface area (Å²) in [5.74, 6) is -2.86. The van der Waals surface area contributed by atoms with Crippen molar-refractivity contribution in [1.29, 1.82) is 0 Å². The SMILES string of the molecule is Cl.FCC[C@H](c1c(F)cc(F)cc1F)N1CCNCC1. The second-order valence-corrected chi connectivity index (χ2v) is 4.56. The van der Waals surface area contributed by atoms with Crippen LogP contribution in [-0.4, -0.2) is 37.8 Å². The second kappa shape index (κ2) is 7.81.